The van der Waals surface area contributed by atoms with E-state index in [0.717, 1.165) is 18.2 Å². The molecule has 160 valence electrons. The summed E-state index contributed by atoms with van der Waals surface area (Å²) in [5.41, 5.74) is -1.02. The van der Waals surface area contributed by atoms with E-state index in [1.54, 1.807) is 6.92 Å². The number of nitrogens with one attached hydrogen (secondary N) is 2. The molecule has 3 amide bonds. The second kappa shape index (κ2) is 8.47. The monoisotopic (exact) mass is 444 g/mol. The number of alkyl halides is 3. The first-order valence-corrected chi connectivity index (χ1v) is 9.26. The van der Waals surface area contributed by atoms with Gasteiger partial charge in [0.1, 0.15) is 18.1 Å². The van der Waals surface area contributed by atoms with Crippen LogP contribution in [0.5, 0.6) is 0 Å². The van der Waals surface area contributed by atoms with E-state index in [1.165, 1.54) is 23.1 Å². The van der Waals surface area contributed by atoms with Crippen LogP contribution in [-0.4, -0.2) is 41.0 Å². The highest BCUT2D eigenvalue weighted by atomic mass is 35.5. The number of amides is 3. The van der Waals surface area contributed by atoms with E-state index in [0.29, 0.717) is 0 Å². The number of benzene rings is 1. The van der Waals surface area contributed by atoms with E-state index in [2.05, 4.69) is 15.6 Å². The minimum Gasteiger partial charge on any atom is -0.350 e. The lowest BCUT2D eigenvalue weighted by atomic mass is 10.0. The van der Waals surface area contributed by atoms with Gasteiger partial charge in [-0.25, -0.2) is 14.2 Å². The standard InChI is InChI=1S/C19H17ClF4N4O2/c1-10-8-28(9-16(29)25-10)18(30)27-17(11-5-6-13(21)12(20)7-11)14-3-2-4-15(26-14)19(22,23)24/h2-7,10,17H,8-9H2,1H3,(H,25,29)(H,27,30)/t10-,17?/m1/s1. The minimum atomic E-state index is -4.69. The molecule has 2 heterocycles. The molecule has 2 N–H and O–H groups in total. The Kier molecular flexibility index (Phi) is 6.16. The lowest BCUT2D eigenvalue weighted by Crippen LogP contribution is -2.57. The number of hydrogen-bond acceptors (Lipinski definition) is 3. The third-order valence-corrected chi connectivity index (χ3v) is 4.71. The van der Waals surface area contributed by atoms with Gasteiger partial charge < -0.3 is 15.5 Å². The fourth-order valence-electron chi connectivity index (χ4n) is 3.09. The van der Waals surface area contributed by atoms with E-state index < -0.39 is 29.8 Å². The maximum absolute atomic E-state index is 13.6. The highest BCUT2D eigenvalue weighted by Gasteiger charge is 2.34. The summed E-state index contributed by atoms with van der Waals surface area (Å²) in [6.07, 6.45) is -4.69. The van der Waals surface area contributed by atoms with Crippen LogP contribution in [0.15, 0.2) is 36.4 Å². The Morgan fingerprint density at radius 2 is 2.07 bits per heavy atom. The van der Waals surface area contributed by atoms with Crippen molar-refractivity contribution in [2.45, 2.75) is 25.2 Å². The zero-order valence-corrected chi connectivity index (χ0v) is 16.4. The van der Waals surface area contributed by atoms with Crippen molar-refractivity contribution in [1.82, 2.24) is 20.5 Å². The second-order valence-corrected chi connectivity index (χ2v) is 7.26. The van der Waals surface area contributed by atoms with Crippen LogP contribution in [0, 0.1) is 5.82 Å². The number of rotatable bonds is 3. The smallest absolute Gasteiger partial charge is 0.350 e. The lowest BCUT2D eigenvalue weighted by Gasteiger charge is -2.32. The number of piperazine rings is 1. The predicted molar refractivity (Wildman–Crippen MR) is 100 cm³/mol. The van der Waals surface area contributed by atoms with E-state index in [1.807, 2.05) is 0 Å². The normalized spacial score (nSPS) is 18.0. The molecule has 11 heteroatoms. The quantitative estimate of drug-likeness (QED) is 0.711. The van der Waals surface area contributed by atoms with Gasteiger partial charge in [0.05, 0.1) is 16.8 Å². The van der Waals surface area contributed by atoms with E-state index >= 15 is 0 Å². The first-order chi connectivity index (χ1) is 14.0. The van der Waals surface area contributed by atoms with E-state index in [-0.39, 0.29) is 41.3 Å². The summed E-state index contributed by atoms with van der Waals surface area (Å²) < 4.78 is 52.9. The van der Waals surface area contributed by atoms with Crippen molar-refractivity contribution in [3.8, 4) is 0 Å². The summed E-state index contributed by atoms with van der Waals surface area (Å²) in [7, 11) is 0. The molecule has 1 fully saturated rings. The van der Waals surface area contributed by atoms with Gasteiger partial charge in [-0.3, -0.25) is 4.79 Å². The number of nitrogens with zero attached hydrogens (tertiary/aromatic N) is 2. The lowest BCUT2D eigenvalue weighted by molar-refractivity contribution is -0.141. The first-order valence-electron chi connectivity index (χ1n) is 8.88. The summed E-state index contributed by atoms with van der Waals surface area (Å²) in [6, 6.07) is 4.68. The average molecular weight is 445 g/mol. The third kappa shape index (κ3) is 4.99. The molecule has 1 aliphatic heterocycles. The van der Waals surface area contributed by atoms with Gasteiger partial charge in [-0.05, 0) is 36.8 Å². The molecule has 0 aliphatic carbocycles. The second-order valence-electron chi connectivity index (χ2n) is 6.85. The van der Waals surface area contributed by atoms with Crippen molar-refractivity contribution < 1.29 is 27.2 Å². The molecule has 6 nitrogen and oxygen atoms in total. The Labute approximate surface area is 174 Å². The van der Waals surface area contributed by atoms with Gasteiger partial charge in [0.25, 0.3) is 0 Å². The molecule has 2 aromatic rings. The molecule has 0 saturated carbocycles. The largest absolute Gasteiger partial charge is 0.433 e. The predicted octanol–water partition coefficient (Wildman–Crippen LogP) is 3.51. The average Bonchev–Trinajstić information content (AvgIpc) is 2.67. The van der Waals surface area contributed by atoms with Gasteiger partial charge >= 0.3 is 12.2 Å². The van der Waals surface area contributed by atoms with Gasteiger partial charge in [0.2, 0.25) is 5.91 Å². The van der Waals surface area contributed by atoms with Gasteiger partial charge in [-0.15, -0.1) is 0 Å². The van der Waals surface area contributed by atoms with Crippen molar-refractivity contribution in [3.63, 3.8) is 0 Å². The molecular weight excluding hydrogens is 428 g/mol. The van der Waals surface area contributed by atoms with Crippen LogP contribution >= 0.6 is 11.6 Å². The highest BCUT2D eigenvalue weighted by molar-refractivity contribution is 6.30. The number of halogens is 5. The van der Waals surface area contributed by atoms with Crippen molar-refractivity contribution in [2.75, 3.05) is 13.1 Å². The number of carbonyl (C=O) groups is 2. The van der Waals surface area contributed by atoms with Crippen LogP contribution in [0.25, 0.3) is 0 Å². The number of hydrogen-bond donors (Lipinski definition) is 2. The van der Waals surface area contributed by atoms with Crippen molar-refractivity contribution in [2.24, 2.45) is 0 Å². The van der Waals surface area contributed by atoms with Crippen LogP contribution in [0.4, 0.5) is 22.4 Å². The van der Waals surface area contributed by atoms with Crippen LogP contribution in [-0.2, 0) is 11.0 Å². The van der Waals surface area contributed by atoms with Gasteiger partial charge in [0.15, 0.2) is 0 Å². The molecule has 1 aromatic carbocycles. The molecule has 0 bridgehead atoms. The SMILES string of the molecule is C[C@@H]1CN(C(=O)NC(c2ccc(F)c(Cl)c2)c2cccc(C(F)(F)F)n2)CC(=O)N1. The van der Waals surface area contributed by atoms with Crippen LogP contribution < -0.4 is 10.6 Å². The Bertz CT molecular complexity index is 970. The molecule has 1 aliphatic rings. The topological polar surface area (TPSA) is 74.3 Å². The molecule has 30 heavy (non-hydrogen) atoms. The maximum atomic E-state index is 13.6. The van der Waals surface area contributed by atoms with Crippen molar-refractivity contribution >= 4 is 23.5 Å². The molecule has 2 atom stereocenters. The summed E-state index contributed by atoms with van der Waals surface area (Å²) in [4.78, 5) is 29.3. The van der Waals surface area contributed by atoms with Crippen LogP contribution in [0.1, 0.15) is 29.9 Å². The van der Waals surface area contributed by atoms with Crippen LogP contribution in [0.3, 0.4) is 0 Å². The molecule has 1 aromatic heterocycles. The fraction of sp³-hybridized carbons (Fsp3) is 0.316. The number of aromatic nitrogens is 1. The van der Waals surface area contributed by atoms with E-state index in [9.17, 15) is 27.2 Å². The molecule has 0 spiro atoms. The molecule has 3 rings (SSSR count). The molecule has 1 unspecified atom stereocenters. The Morgan fingerprint density at radius 1 is 1.33 bits per heavy atom. The van der Waals surface area contributed by atoms with Gasteiger partial charge in [-0.1, -0.05) is 23.7 Å². The Hall–Kier alpha value is -2.88. The third-order valence-electron chi connectivity index (χ3n) is 4.42. The maximum Gasteiger partial charge on any atom is 0.433 e. The van der Waals surface area contributed by atoms with Gasteiger partial charge in [0, 0.05) is 12.6 Å². The zero-order chi connectivity index (χ0) is 22.1. The first kappa shape index (κ1) is 21.8. The van der Waals surface area contributed by atoms with Gasteiger partial charge in [-0.2, -0.15) is 13.2 Å². The number of carbonyl (C=O) groups excluding carboxylic acids is 2. The summed E-state index contributed by atoms with van der Waals surface area (Å²) >= 11 is 5.82. The molecule has 0 radical (unpaired) electrons. The summed E-state index contributed by atoms with van der Waals surface area (Å²) in [6.45, 7) is 1.72. The van der Waals surface area contributed by atoms with Crippen molar-refractivity contribution in [1.29, 1.82) is 0 Å². The van der Waals surface area contributed by atoms with Crippen molar-refractivity contribution in [3.05, 3.63) is 64.2 Å². The Balaban J connectivity index is 1.97. The van der Waals surface area contributed by atoms with E-state index in [4.69, 9.17) is 11.6 Å². The number of urea groups is 1. The molecule has 1 saturated heterocycles. The summed E-state index contributed by atoms with van der Waals surface area (Å²) in [5, 5.41) is 4.98. The Morgan fingerprint density at radius 3 is 2.70 bits per heavy atom. The highest BCUT2D eigenvalue weighted by Crippen LogP contribution is 2.30. The fourth-order valence-corrected chi connectivity index (χ4v) is 3.28. The minimum absolute atomic E-state index is 0.115. The van der Waals surface area contributed by atoms with Crippen LogP contribution in [0.2, 0.25) is 5.02 Å². The number of pyridine rings is 1. The molecular formula is C19H17ClF4N4O2. The summed E-state index contributed by atoms with van der Waals surface area (Å²) in [5.74, 6) is -1.08. The zero-order valence-electron chi connectivity index (χ0n) is 15.6.